The van der Waals surface area contributed by atoms with Gasteiger partial charge in [0.1, 0.15) is 46.2 Å². The second-order valence-corrected chi connectivity index (χ2v) is 15.3. The Hall–Kier alpha value is -3.09. The van der Waals surface area contributed by atoms with Gasteiger partial charge in [-0.05, 0) is 61.8 Å². The monoisotopic (exact) mass is 612 g/mol. The molecule has 4 atom stereocenters. The lowest BCUT2D eigenvalue weighted by Gasteiger charge is -2.27. The number of nitrogens with zero attached hydrogens (tertiary/aromatic N) is 5. The largest absolute Gasteiger partial charge is 0.617 e. The van der Waals surface area contributed by atoms with Gasteiger partial charge in [0.25, 0.3) is 5.91 Å². The molecule has 1 amide bonds. The van der Waals surface area contributed by atoms with E-state index in [4.69, 9.17) is 25.2 Å². The molecule has 14 heteroatoms. The second kappa shape index (κ2) is 11.1. The van der Waals surface area contributed by atoms with Crippen molar-refractivity contribution in [2.45, 2.75) is 56.2 Å². The van der Waals surface area contributed by atoms with E-state index >= 15 is 0 Å². The molecule has 0 unspecified atom stereocenters. The van der Waals surface area contributed by atoms with Crippen LogP contribution in [0.2, 0.25) is 0 Å². The number of fused-ring (bicyclic) bond motifs is 4. The van der Waals surface area contributed by atoms with Crippen LogP contribution in [0.1, 0.15) is 36.0 Å². The van der Waals surface area contributed by atoms with E-state index in [1.807, 2.05) is 46.6 Å². The SMILES string of the molecule is BC(B)(B)Oc1ccc2cc(-c3nc4cc(C(=O)N5C[C@H]6CC[C@@H]5[C@@H]6N)cc(OC)c4n3CC[S@@+](C)[O-])n(CC3CC3)c2n1. The Morgan fingerprint density at radius 2 is 1.93 bits per heavy atom. The lowest BCUT2D eigenvalue weighted by atomic mass is 9.52. The molecule has 3 fully saturated rings. The van der Waals surface area contributed by atoms with Crippen LogP contribution in [0.4, 0.5) is 0 Å². The van der Waals surface area contributed by atoms with Gasteiger partial charge in [0.2, 0.25) is 5.88 Å². The molecule has 2 bridgehead atoms. The van der Waals surface area contributed by atoms with Crippen LogP contribution in [0.25, 0.3) is 33.6 Å². The van der Waals surface area contributed by atoms with Crippen LogP contribution in [-0.2, 0) is 24.3 Å². The van der Waals surface area contributed by atoms with Crippen LogP contribution in [0.3, 0.4) is 0 Å². The molecule has 3 aromatic heterocycles. The van der Waals surface area contributed by atoms with Crippen molar-refractivity contribution in [2.24, 2.45) is 17.6 Å². The van der Waals surface area contributed by atoms with Crippen molar-refractivity contribution < 1.29 is 18.8 Å². The summed E-state index contributed by atoms with van der Waals surface area (Å²) in [6.07, 6.45) is 6.11. The van der Waals surface area contributed by atoms with Crippen LogP contribution in [0.15, 0.2) is 30.3 Å². The topological polar surface area (TPSA) is 123 Å². The lowest BCUT2D eigenvalue weighted by Crippen LogP contribution is -2.41. The number of imidazole rings is 1. The lowest BCUT2D eigenvalue weighted by molar-refractivity contribution is 0.0700. The highest BCUT2D eigenvalue weighted by Gasteiger charge is 2.47. The van der Waals surface area contributed by atoms with Crippen molar-refractivity contribution >= 4 is 62.7 Å². The highest BCUT2D eigenvalue weighted by Crippen LogP contribution is 2.40. The standard InChI is InChI=1S/C30H39B3N6O4S/c1-42-23-13-19(29(40)39-15-18-5-7-21(39)25(18)34)11-20-26(23)37(9-10-44(2)41)28(35-20)22-12-17-6-8-24(43-30(31,32)33)36-27(17)38(22)14-16-3-4-16/h6,8,11-13,16,18,21,25H,3-5,7,9-10,14-15,31-34H2,1-2H3/t18-,21-,25-,44-/m1/s1. The van der Waals surface area contributed by atoms with Gasteiger partial charge in [-0.1, -0.05) is 11.2 Å². The number of likely N-dealkylation sites (tertiary alicyclic amines) is 1. The number of hydrogen-bond acceptors (Lipinski definition) is 7. The number of pyridine rings is 1. The number of methoxy groups -OCH3 is 1. The number of aromatic nitrogens is 4. The van der Waals surface area contributed by atoms with Crippen LogP contribution in [-0.4, -0.2) is 101 Å². The molecule has 228 valence electrons. The molecule has 3 aliphatic rings. The van der Waals surface area contributed by atoms with Gasteiger partial charge < -0.3 is 33.8 Å². The summed E-state index contributed by atoms with van der Waals surface area (Å²) >= 11 is -1.01. The number of ether oxygens (including phenoxy) is 2. The molecule has 4 aromatic rings. The van der Waals surface area contributed by atoms with E-state index in [0.717, 1.165) is 47.5 Å². The molecule has 7 rings (SSSR count). The van der Waals surface area contributed by atoms with Gasteiger partial charge in [-0.25, -0.2) is 4.98 Å². The summed E-state index contributed by atoms with van der Waals surface area (Å²) in [5.74, 6) is 3.28. The van der Waals surface area contributed by atoms with Crippen LogP contribution in [0.5, 0.6) is 11.6 Å². The normalized spacial score (nSPS) is 22.3. The molecule has 4 heterocycles. The summed E-state index contributed by atoms with van der Waals surface area (Å²) in [4.78, 5) is 25.9. The van der Waals surface area contributed by atoms with Crippen LogP contribution in [0, 0.1) is 11.8 Å². The Morgan fingerprint density at radius 1 is 1.14 bits per heavy atom. The van der Waals surface area contributed by atoms with E-state index < -0.39 is 11.2 Å². The number of aryl methyl sites for hydroxylation is 1. The quantitative estimate of drug-likeness (QED) is 0.202. The third kappa shape index (κ3) is 5.39. The van der Waals surface area contributed by atoms with Crippen LogP contribution >= 0.6 is 0 Å². The minimum absolute atomic E-state index is 0.0305. The number of nitrogens with two attached hydrogens (primary N) is 1. The first-order chi connectivity index (χ1) is 21.0. The van der Waals surface area contributed by atoms with E-state index in [9.17, 15) is 9.35 Å². The molecular formula is C30H39B3N6O4S. The first-order valence-electron chi connectivity index (χ1n) is 15.6. The smallest absolute Gasteiger partial charge is 0.254 e. The van der Waals surface area contributed by atoms with Gasteiger partial charge in [-0.15, -0.1) is 0 Å². The number of piperidine rings is 1. The van der Waals surface area contributed by atoms with E-state index in [1.165, 1.54) is 12.8 Å². The van der Waals surface area contributed by atoms with Gasteiger partial charge in [0.15, 0.2) is 5.82 Å². The number of rotatable bonds is 10. The third-order valence-electron chi connectivity index (χ3n) is 9.29. The predicted molar refractivity (Wildman–Crippen MR) is 181 cm³/mol. The molecule has 1 aromatic carbocycles. The zero-order chi connectivity index (χ0) is 30.9. The van der Waals surface area contributed by atoms with Crippen molar-refractivity contribution in [3.63, 3.8) is 0 Å². The van der Waals surface area contributed by atoms with E-state index in [0.29, 0.717) is 53.4 Å². The summed E-state index contributed by atoms with van der Waals surface area (Å²) in [7, 11) is 7.67. The maximum absolute atomic E-state index is 13.8. The summed E-state index contributed by atoms with van der Waals surface area (Å²) < 4.78 is 28.7. The third-order valence-corrected chi connectivity index (χ3v) is 10.0. The molecule has 1 aliphatic heterocycles. The molecule has 0 radical (unpaired) electrons. The highest BCUT2D eigenvalue weighted by atomic mass is 32.2. The van der Waals surface area contributed by atoms with Crippen molar-refractivity contribution in [2.75, 3.05) is 25.7 Å². The van der Waals surface area contributed by atoms with Crippen molar-refractivity contribution in [3.8, 4) is 23.1 Å². The highest BCUT2D eigenvalue weighted by molar-refractivity contribution is 7.90. The minimum Gasteiger partial charge on any atom is -0.617 e. The fourth-order valence-corrected chi connectivity index (χ4v) is 7.44. The molecule has 2 saturated carbocycles. The average molecular weight is 612 g/mol. The Morgan fingerprint density at radius 3 is 2.57 bits per heavy atom. The van der Waals surface area contributed by atoms with Crippen molar-refractivity contribution in [3.05, 3.63) is 35.9 Å². The Balaban J connectivity index is 1.37. The molecule has 0 spiro atoms. The summed E-state index contributed by atoms with van der Waals surface area (Å²) in [6.45, 7) is 2.01. The van der Waals surface area contributed by atoms with Gasteiger partial charge in [0.05, 0.1) is 31.1 Å². The summed E-state index contributed by atoms with van der Waals surface area (Å²) in [5.41, 5.74) is 10.2. The van der Waals surface area contributed by atoms with Gasteiger partial charge in [-0.2, -0.15) is 4.98 Å². The fraction of sp³-hybridized carbons (Fsp3) is 0.500. The molecule has 2 aliphatic carbocycles. The number of carbonyl (C=O) groups excluding carboxylic acids is 1. The van der Waals surface area contributed by atoms with Gasteiger partial charge in [0, 0.05) is 47.5 Å². The summed E-state index contributed by atoms with van der Waals surface area (Å²) in [6, 6.07) is 9.93. The Kier molecular flexibility index (Phi) is 7.45. The molecule has 2 N–H and O–H groups in total. The van der Waals surface area contributed by atoms with Crippen molar-refractivity contribution in [1.82, 2.24) is 24.0 Å². The first-order valence-corrected chi connectivity index (χ1v) is 17.4. The van der Waals surface area contributed by atoms with Crippen LogP contribution < -0.4 is 15.2 Å². The number of carbonyl (C=O) groups is 1. The maximum Gasteiger partial charge on any atom is 0.254 e. The van der Waals surface area contributed by atoms with E-state index in [1.54, 1.807) is 13.4 Å². The zero-order valence-electron chi connectivity index (χ0n) is 26.2. The maximum atomic E-state index is 13.8. The molecule has 44 heavy (non-hydrogen) atoms. The Labute approximate surface area is 263 Å². The number of amides is 1. The predicted octanol–water partition coefficient (Wildman–Crippen LogP) is 0.301. The van der Waals surface area contributed by atoms with Gasteiger partial charge >= 0.3 is 0 Å². The van der Waals surface area contributed by atoms with Gasteiger partial charge in [-0.3, -0.25) is 4.79 Å². The van der Waals surface area contributed by atoms with E-state index in [-0.39, 0.29) is 23.3 Å². The molecular weight excluding hydrogens is 573 g/mol. The first kappa shape index (κ1) is 29.6. The Bertz CT molecular complexity index is 1750. The number of hydrogen-bond donors (Lipinski definition) is 1. The van der Waals surface area contributed by atoms with E-state index in [2.05, 4.69) is 21.3 Å². The average Bonchev–Trinajstić information content (AvgIpc) is 3.33. The number of benzene rings is 1. The fourth-order valence-electron chi connectivity index (χ4n) is 7.00. The second-order valence-electron chi connectivity index (χ2n) is 13.7. The minimum atomic E-state index is -1.01. The molecule has 10 nitrogen and oxygen atoms in total. The zero-order valence-corrected chi connectivity index (χ0v) is 27.0. The molecule has 1 saturated heterocycles. The van der Waals surface area contributed by atoms with Crippen molar-refractivity contribution in [1.29, 1.82) is 0 Å². The summed E-state index contributed by atoms with van der Waals surface area (Å²) in [5, 5.41) is 0.634.